The van der Waals surface area contributed by atoms with Gasteiger partial charge in [0.15, 0.2) is 5.11 Å². The molecule has 3 aromatic rings. The minimum atomic E-state index is -3.65. The zero-order valence-electron chi connectivity index (χ0n) is 20.3. The number of sulfonamides is 1. The van der Waals surface area contributed by atoms with Crippen molar-refractivity contribution in [1.29, 1.82) is 0 Å². The Labute approximate surface area is 217 Å². The van der Waals surface area contributed by atoms with Gasteiger partial charge in [0.1, 0.15) is 24.7 Å². The summed E-state index contributed by atoms with van der Waals surface area (Å²) < 4.78 is 38.9. The molecule has 0 aliphatic carbocycles. The molecular weight excluding hydrogens is 498 g/mol. The van der Waals surface area contributed by atoms with Gasteiger partial charge in [-0.1, -0.05) is 30.3 Å². The fraction of sp³-hybridized carbons (Fsp3) is 0.231. The standard InChI is InChI=1S/C26H29N3O5S2/c1-26(2,3)29-36(31,32)21-15-13-19(14-16-21)27-25(35)28-24(30)22-11-7-8-12-23(22)34-18-17-33-20-9-5-4-6-10-20/h4-16,29H,17-18H2,1-3H3,(H2,27,28,30,35). The second kappa shape index (κ2) is 12.0. The highest BCUT2D eigenvalue weighted by Gasteiger charge is 2.22. The second-order valence-corrected chi connectivity index (χ2v) is 10.9. The number of benzene rings is 3. The molecule has 10 heteroatoms. The molecule has 3 aromatic carbocycles. The van der Waals surface area contributed by atoms with E-state index in [2.05, 4.69) is 15.4 Å². The van der Waals surface area contributed by atoms with Gasteiger partial charge in [-0.25, -0.2) is 13.1 Å². The number of ether oxygens (including phenoxy) is 2. The Morgan fingerprint density at radius 1 is 0.861 bits per heavy atom. The van der Waals surface area contributed by atoms with Crippen LogP contribution >= 0.6 is 12.2 Å². The van der Waals surface area contributed by atoms with Crippen LogP contribution in [0.25, 0.3) is 0 Å². The fourth-order valence-corrected chi connectivity index (χ4v) is 4.75. The summed E-state index contributed by atoms with van der Waals surface area (Å²) >= 11 is 5.26. The van der Waals surface area contributed by atoms with E-state index in [1.165, 1.54) is 12.1 Å². The zero-order valence-corrected chi connectivity index (χ0v) is 21.9. The number of hydrogen-bond donors (Lipinski definition) is 3. The van der Waals surface area contributed by atoms with Gasteiger partial charge in [0.2, 0.25) is 10.0 Å². The number of carbonyl (C=O) groups excluding carboxylic acids is 1. The first-order chi connectivity index (χ1) is 17.0. The fourth-order valence-electron chi connectivity index (χ4n) is 3.12. The van der Waals surface area contributed by atoms with Crippen LogP contribution < -0.4 is 24.8 Å². The quantitative estimate of drug-likeness (QED) is 0.281. The Morgan fingerprint density at radius 3 is 2.14 bits per heavy atom. The summed E-state index contributed by atoms with van der Waals surface area (Å²) in [6, 6.07) is 22.3. The lowest BCUT2D eigenvalue weighted by molar-refractivity contribution is 0.0972. The summed E-state index contributed by atoms with van der Waals surface area (Å²) in [5.41, 5.74) is 0.241. The van der Waals surface area contributed by atoms with Crippen LogP contribution in [0.2, 0.25) is 0 Å². The number of rotatable bonds is 9. The van der Waals surface area contributed by atoms with Gasteiger partial charge in [-0.15, -0.1) is 0 Å². The van der Waals surface area contributed by atoms with Gasteiger partial charge < -0.3 is 14.8 Å². The van der Waals surface area contributed by atoms with Crippen molar-refractivity contribution in [3.8, 4) is 11.5 Å². The first kappa shape index (κ1) is 27.1. The molecule has 0 unspecified atom stereocenters. The van der Waals surface area contributed by atoms with Crippen molar-refractivity contribution in [2.75, 3.05) is 18.5 Å². The molecule has 0 saturated heterocycles. The van der Waals surface area contributed by atoms with Gasteiger partial charge in [0.05, 0.1) is 10.5 Å². The van der Waals surface area contributed by atoms with Crippen LogP contribution in [-0.2, 0) is 10.0 Å². The third kappa shape index (κ3) is 8.33. The molecule has 0 atom stereocenters. The van der Waals surface area contributed by atoms with E-state index in [9.17, 15) is 13.2 Å². The van der Waals surface area contributed by atoms with Crippen LogP contribution in [0.4, 0.5) is 5.69 Å². The molecule has 3 N–H and O–H groups in total. The summed E-state index contributed by atoms with van der Waals surface area (Å²) in [5, 5.41) is 5.56. The van der Waals surface area contributed by atoms with E-state index in [0.717, 1.165) is 5.75 Å². The SMILES string of the molecule is CC(C)(C)NS(=O)(=O)c1ccc(NC(=S)NC(=O)c2ccccc2OCCOc2ccccc2)cc1. The van der Waals surface area contributed by atoms with Gasteiger partial charge in [0.25, 0.3) is 5.91 Å². The van der Waals surface area contributed by atoms with Gasteiger partial charge >= 0.3 is 0 Å². The van der Waals surface area contributed by atoms with Gasteiger partial charge in [-0.05, 0) is 81.5 Å². The molecular formula is C26H29N3O5S2. The first-order valence-corrected chi connectivity index (χ1v) is 13.1. The van der Waals surface area contributed by atoms with Crippen LogP contribution in [-0.4, -0.2) is 38.2 Å². The molecule has 0 aliphatic rings. The largest absolute Gasteiger partial charge is 0.490 e. The van der Waals surface area contributed by atoms with Gasteiger partial charge in [-0.3, -0.25) is 10.1 Å². The Bertz CT molecular complexity index is 1290. The van der Waals surface area contributed by atoms with Crippen molar-refractivity contribution in [2.24, 2.45) is 0 Å². The average Bonchev–Trinajstić information content (AvgIpc) is 2.81. The van der Waals surface area contributed by atoms with E-state index >= 15 is 0 Å². The molecule has 0 saturated carbocycles. The number of carbonyl (C=O) groups is 1. The van der Waals surface area contributed by atoms with E-state index in [1.807, 2.05) is 30.3 Å². The number of thiocarbonyl (C=S) groups is 1. The average molecular weight is 528 g/mol. The highest BCUT2D eigenvalue weighted by Crippen LogP contribution is 2.19. The molecule has 190 valence electrons. The van der Waals surface area contributed by atoms with Crippen LogP contribution in [0.15, 0.2) is 83.8 Å². The Kier molecular flexibility index (Phi) is 9.03. The van der Waals surface area contributed by atoms with E-state index in [-0.39, 0.29) is 16.6 Å². The predicted molar refractivity (Wildman–Crippen MR) is 144 cm³/mol. The van der Waals surface area contributed by atoms with Gasteiger partial charge in [0, 0.05) is 11.2 Å². The maximum absolute atomic E-state index is 12.8. The van der Waals surface area contributed by atoms with E-state index in [1.54, 1.807) is 57.2 Å². The molecule has 0 radical (unpaired) electrons. The van der Waals surface area contributed by atoms with Crippen LogP contribution in [0.3, 0.4) is 0 Å². The third-order valence-electron chi connectivity index (χ3n) is 4.57. The Morgan fingerprint density at radius 2 is 1.47 bits per heavy atom. The molecule has 0 spiro atoms. The summed E-state index contributed by atoms with van der Waals surface area (Å²) in [5.74, 6) is 0.690. The first-order valence-electron chi connectivity index (χ1n) is 11.2. The normalized spacial score (nSPS) is 11.4. The van der Waals surface area contributed by atoms with Crippen LogP contribution in [0.1, 0.15) is 31.1 Å². The van der Waals surface area contributed by atoms with Crippen LogP contribution in [0, 0.1) is 0 Å². The monoisotopic (exact) mass is 527 g/mol. The van der Waals surface area contributed by atoms with E-state index in [0.29, 0.717) is 23.6 Å². The maximum Gasteiger partial charge on any atom is 0.261 e. The van der Waals surface area contributed by atoms with Crippen molar-refractivity contribution < 1.29 is 22.7 Å². The van der Waals surface area contributed by atoms with Crippen molar-refractivity contribution in [3.05, 3.63) is 84.4 Å². The Hall–Kier alpha value is -3.47. The summed E-state index contributed by atoms with van der Waals surface area (Å²) in [7, 11) is -3.65. The molecule has 0 aromatic heterocycles. The number of anilines is 1. The predicted octanol–water partition coefficient (Wildman–Crippen LogP) is 4.35. The van der Waals surface area contributed by atoms with Crippen molar-refractivity contribution >= 4 is 38.9 Å². The highest BCUT2D eigenvalue weighted by atomic mass is 32.2. The molecule has 3 rings (SSSR count). The number of amides is 1. The molecule has 0 heterocycles. The minimum Gasteiger partial charge on any atom is -0.490 e. The number of para-hydroxylation sites is 2. The second-order valence-electron chi connectivity index (χ2n) is 8.79. The summed E-state index contributed by atoms with van der Waals surface area (Å²) in [6.07, 6.45) is 0. The van der Waals surface area contributed by atoms with E-state index < -0.39 is 21.5 Å². The van der Waals surface area contributed by atoms with Crippen LogP contribution in [0.5, 0.6) is 11.5 Å². The topological polar surface area (TPSA) is 106 Å². The lowest BCUT2D eigenvalue weighted by atomic mass is 10.1. The maximum atomic E-state index is 12.8. The minimum absolute atomic E-state index is 0.0608. The molecule has 0 fully saturated rings. The molecule has 1 amide bonds. The zero-order chi connectivity index (χ0) is 26.2. The van der Waals surface area contributed by atoms with Crippen molar-refractivity contribution in [3.63, 3.8) is 0 Å². The van der Waals surface area contributed by atoms with E-state index in [4.69, 9.17) is 21.7 Å². The molecule has 0 aliphatic heterocycles. The lowest BCUT2D eigenvalue weighted by Gasteiger charge is -2.20. The smallest absolute Gasteiger partial charge is 0.261 e. The number of nitrogens with one attached hydrogen (secondary N) is 3. The summed E-state index contributed by atoms with van der Waals surface area (Å²) in [4.78, 5) is 12.9. The lowest BCUT2D eigenvalue weighted by Crippen LogP contribution is -2.40. The molecule has 8 nitrogen and oxygen atoms in total. The third-order valence-corrected chi connectivity index (χ3v) is 6.55. The number of hydrogen-bond acceptors (Lipinski definition) is 6. The van der Waals surface area contributed by atoms with Crippen molar-refractivity contribution in [2.45, 2.75) is 31.2 Å². The van der Waals surface area contributed by atoms with Crippen molar-refractivity contribution in [1.82, 2.24) is 10.0 Å². The van der Waals surface area contributed by atoms with Gasteiger partial charge in [-0.2, -0.15) is 0 Å². The highest BCUT2D eigenvalue weighted by molar-refractivity contribution is 7.89. The molecule has 0 bridgehead atoms. The molecule has 36 heavy (non-hydrogen) atoms. The Balaban J connectivity index is 1.55. The summed E-state index contributed by atoms with van der Waals surface area (Å²) in [6.45, 7) is 5.87.